The van der Waals surface area contributed by atoms with Crippen molar-refractivity contribution < 1.29 is 26.6 Å². The normalized spacial score (nSPS) is 28.0. The summed E-state index contributed by atoms with van der Waals surface area (Å²) in [6, 6.07) is -1.48. The minimum Gasteiger partial charge on any atom is -0.337 e. The number of nitrogens with one attached hydrogen (secondary N) is 1. The average Bonchev–Trinajstić information content (AvgIpc) is 3.16. The highest BCUT2D eigenvalue weighted by atomic mass is 32.3. The molecular formula is C13H19N5O6S. The number of urea groups is 1. The quantitative estimate of drug-likeness (QED) is 0.709. The largest absolute Gasteiger partial charge is 0.418 e. The molecule has 3 fully saturated rings. The molecule has 2 bridgehead atoms. The zero-order valence-corrected chi connectivity index (χ0v) is 14.2. The molecule has 3 aliphatic heterocycles. The second-order valence-electron chi connectivity index (χ2n) is 6.53. The number of hydrogen-bond acceptors (Lipinski definition) is 8. The fraction of sp³-hybridized carbons (Fsp3) is 0.769. The summed E-state index contributed by atoms with van der Waals surface area (Å²) in [7, 11) is -4.75. The Hall–Kier alpha value is -1.76. The monoisotopic (exact) mass is 373 g/mol. The summed E-state index contributed by atoms with van der Waals surface area (Å²) in [5, 5.41) is 8.05. The first-order valence-electron chi connectivity index (χ1n) is 8.23. The van der Waals surface area contributed by atoms with Gasteiger partial charge in [-0.05, 0) is 38.8 Å². The molecule has 11 nitrogen and oxygen atoms in total. The first-order chi connectivity index (χ1) is 11.9. The van der Waals surface area contributed by atoms with Crippen LogP contribution in [0.25, 0.3) is 0 Å². The van der Waals surface area contributed by atoms with E-state index in [1.165, 1.54) is 4.90 Å². The van der Waals surface area contributed by atoms with E-state index in [4.69, 9.17) is 9.08 Å². The summed E-state index contributed by atoms with van der Waals surface area (Å²) in [5.41, 5.74) is 0. The van der Waals surface area contributed by atoms with Gasteiger partial charge in [0, 0.05) is 12.5 Å². The third kappa shape index (κ3) is 3.21. The Bertz CT molecular complexity index is 761. The zero-order chi connectivity index (χ0) is 17.6. The van der Waals surface area contributed by atoms with Crippen LogP contribution in [0.5, 0.6) is 0 Å². The lowest BCUT2D eigenvalue weighted by atomic mass is 9.97. The lowest BCUT2D eigenvalue weighted by Gasteiger charge is -2.27. The molecule has 0 spiro atoms. The maximum absolute atomic E-state index is 12.4. The fourth-order valence-electron chi connectivity index (χ4n) is 3.72. The highest BCUT2D eigenvalue weighted by Gasteiger charge is 2.49. The summed E-state index contributed by atoms with van der Waals surface area (Å²) < 4.78 is 40.5. The number of fused-ring (bicyclic) bond motifs is 2. The fourth-order valence-corrected chi connectivity index (χ4v) is 4.11. The van der Waals surface area contributed by atoms with Crippen LogP contribution in [0, 0.1) is 0 Å². The molecule has 1 aromatic rings. The third-order valence-electron chi connectivity index (χ3n) is 4.94. The summed E-state index contributed by atoms with van der Waals surface area (Å²) in [6.45, 7) is 2.10. The van der Waals surface area contributed by atoms with Gasteiger partial charge in [-0.2, -0.15) is 18.5 Å². The van der Waals surface area contributed by atoms with Crippen molar-refractivity contribution in [3.05, 3.63) is 11.7 Å². The van der Waals surface area contributed by atoms with Crippen molar-refractivity contribution in [3.8, 4) is 0 Å². The number of nitrogens with zero attached hydrogens (tertiary/aromatic N) is 4. The molecule has 2 atom stereocenters. The maximum atomic E-state index is 12.4. The molecular weight excluding hydrogens is 354 g/mol. The van der Waals surface area contributed by atoms with Crippen molar-refractivity contribution in [1.29, 1.82) is 0 Å². The number of rotatable bonds is 4. The van der Waals surface area contributed by atoms with E-state index in [0.29, 0.717) is 29.6 Å². The first-order valence-corrected chi connectivity index (χ1v) is 9.60. The Balaban J connectivity index is 1.51. The van der Waals surface area contributed by atoms with Crippen LogP contribution in [-0.4, -0.2) is 64.8 Å². The Morgan fingerprint density at radius 3 is 2.72 bits per heavy atom. The van der Waals surface area contributed by atoms with Crippen LogP contribution in [0.1, 0.15) is 49.4 Å². The first kappa shape index (κ1) is 16.7. The van der Waals surface area contributed by atoms with Gasteiger partial charge in [-0.15, -0.1) is 4.28 Å². The smallest absolute Gasteiger partial charge is 0.337 e. The summed E-state index contributed by atoms with van der Waals surface area (Å²) in [6.07, 6.45) is 2.93. The van der Waals surface area contributed by atoms with E-state index < -0.39 is 28.5 Å². The lowest BCUT2D eigenvalue weighted by molar-refractivity contribution is -0.0317. The Kier molecular flexibility index (Phi) is 4.14. The van der Waals surface area contributed by atoms with Crippen molar-refractivity contribution in [2.24, 2.45) is 0 Å². The molecule has 3 aliphatic rings. The predicted octanol–water partition coefficient (Wildman–Crippen LogP) is 0.212. The number of carbonyl (C=O) groups is 1. The van der Waals surface area contributed by atoms with Gasteiger partial charge >= 0.3 is 16.4 Å². The van der Waals surface area contributed by atoms with Crippen LogP contribution in [0.15, 0.2) is 4.52 Å². The zero-order valence-electron chi connectivity index (χ0n) is 13.4. The standard InChI is InChI=1S/C13H19N5O6S/c19-13-17-7-9(18(13)24-25(20,21)22)1-2-10(17)12-15-11(16-23-12)8-3-5-14-6-4-8/h8-10,14H,1-7H2,(H,20,21,22). The van der Waals surface area contributed by atoms with Gasteiger partial charge in [0.05, 0.1) is 6.04 Å². The Morgan fingerprint density at radius 1 is 1.24 bits per heavy atom. The predicted molar refractivity (Wildman–Crippen MR) is 81.5 cm³/mol. The van der Waals surface area contributed by atoms with Gasteiger partial charge in [0.2, 0.25) is 5.89 Å². The highest BCUT2D eigenvalue weighted by Crippen LogP contribution is 2.38. The van der Waals surface area contributed by atoms with Crippen molar-refractivity contribution in [2.75, 3.05) is 19.6 Å². The van der Waals surface area contributed by atoms with Gasteiger partial charge < -0.3 is 14.7 Å². The molecule has 138 valence electrons. The minimum atomic E-state index is -4.75. The molecule has 2 amide bonds. The van der Waals surface area contributed by atoms with Crippen LogP contribution in [-0.2, 0) is 14.7 Å². The SMILES string of the molecule is O=C1N2CC(CCC2c2nc(C3CCNCC3)no2)N1OS(=O)(=O)O. The number of amides is 2. The summed E-state index contributed by atoms with van der Waals surface area (Å²) >= 11 is 0. The molecule has 3 saturated heterocycles. The molecule has 25 heavy (non-hydrogen) atoms. The van der Waals surface area contributed by atoms with Gasteiger partial charge in [0.1, 0.15) is 6.04 Å². The van der Waals surface area contributed by atoms with E-state index in [1.54, 1.807) is 0 Å². The van der Waals surface area contributed by atoms with E-state index in [2.05, 4.69) is 19.7 Å². The van der Waals surface area contributed by atoms with Crippen molar-refractivity contribution in [2.45, 2.75) is 43.7 Å². The van der Waals surface area contributed by atoms with Crippen LogP contribution in [0.2, 0.25) is 0 Å². The molecule has 2 unspecified atom stereocenters. The molecule has 4 heterocycles. The second kappa shape index (κ2) is 6.20. The number of hydrogen-bond donors (Lipinski definition) is 2. The van der Waals surface area contributed by atoms with E-state index in [9.17, 15) is 13.2 Å². The lowest BCUT2D eigenvalue weighted by Crippen LogP contribution is -2.35. The van der Waals surface area contributed by atoms with Gasteiger partial charge in [-0.3, -0.25) is 4.55 Å². The number of hydroxylamine groups is 2. The highest BCUT2D eigenvalue weighted by molar-refractivity contribution is 7.80. The van der Waals surface area contributed by atoms with Crippen LogP contribution in [0.3, 0.4) is 0 Å². The average molecular weight is 373 g/mol. The van der Waals surface area contributed by atoms with Crippen LogP contribution < -0.4 is 5.32 Å². The number of aromatic nitrogens is 2. The molecule has 4 rings (SSSR count). The number of piperidine rings is 2. The van der Waals surface area contributed by atoms with Crippen LogP contribution >= 0.6 is 0 Å². The molecule has 12 heteroatoms. The third-order valence-corrected chi connectivity index (χ3v) is 5.29. The van der Waals surface area contributed by atoms with E-state index in [1.807, 2.05) is 0 Å². The number of carbonyl (C=O) groups excluding carboxylic acids is 1. The summed E-state index contributed by atoms with van der Waals surface area (Å²) in [4.78, 5) is 18.3. The van der Waals surface area contributed by atoms with Crippen molar-refractivity contribution in [1.82, 2.24) is 25.4 Å². The van der Waals surface area contributed by atoms with Crippen molar-refractivity contribution in [3.63, 3.8) is 0 Å². The maximum Gasteiger partial charge on any atom is 0.418 e. The molecule has 2 N–H and O–H groups in total. The summed E-state index contributed by atoms with van der Waals surface area (Å²) in [5.74, 6) is 1.24. The molecule has 0 radical (unpaired) electrons. The van der Waals surface area contributed by atoms with E-state index in [-0.39, 0.29) is 12.5 Å². The van der Waals surface area contributed by atoms with Gasteiger partial charge in [-0.1, -0.05) is 5.16 Å². The van der Waals surface area contributed by atoms with E-state index >= 15 is 0 Å². The van der Waals surface area contributed by atoms with Crippen molar-refractivity contribution >= 4 is 16.4 Å². The molecule has 0 aromatic carbocycles. The topological polar surface area (TPSA) is 138 Å². The van der Waals surface area contributed by atoms with Crippen LogP contribution in [0.4, 0.5) is 4.79 Å². The van der Waals surface area contributed by atoms with Gasteiger partial charge in [0.15, 0.2) is 5.82 Å². The molecule has 0 aliphatic carbocycles. The van der Waals surface area contributed by atoms with E-state index in [0.717, 1.165) is 25.9 Å². The molecule has 0 saturated carbocycles. The Morgan fingerprint density at radius 2 is 2.00 bits per heavy atom. The Labute approximate surface area is 144 Å². The molecule has 1 aromatic heterocycles. The van der Waals surface area contributed by atoms with Gasteiger partial charge in [-0.25, -0.2) is 4.79 Å². The minimum absolute atomic E-state index is 0.240. The van der Waals surface area contributed by atoms with Gasteiger partial charge in [0.25, 0.3) is 0 Å². The second-order valence-corrected chi connectivity index (χ2v) is 7.53.